The van der Waals surface area contributed by atoms with Gasteiger partial charge in [-0.2, -0.15) is 18.2 Å². The zero-order valence-corrected chi connectivity index (χ0v) is 9.66. The summed E-state index contributed by atoms with van der Waals surface area (Å²) in [6, 6.07) is 0. The van der Waals surface area contributed by atoms with Crippen molar-refractivity contribution in [2.24, 2.45) is 5.92 Å². The molecule has 102 valence electrons. The standard InChI is InChI=1S/C10H14F3N3O2/c11-10(12,13)6-14-4-9-15-8(16-18-9)3-7-1-2-17-5-7/h7,14H,1-6H2. The quantitative estimate of drug-likeness (QED) is 0.869. The zero-order chi connectivity index (χ0) is 13.0. The summed E-state index contributed by atoms with van der Waals surface area (Å²) in [5.74, 6) is 1.07. The maximum absolute atomic E-state index is 11.9. The van der Waals surface area contributed by atoms with E-state index >= 15 is 0 Å². The topological polar surface area (TPSA) is 60.2 Å². The summed E-state index contributed by atoms with van der Waals surface area (Å²) in [4.78, 5) is 4.03. The molecule has 0 amide bonds. The highest BCUT2D eigenvalue weighted by Crippen LogP contribution is 2.16. The third-order valence-electron chi connectivity index (χ3n) is 2.61. The number of aromatic nitrogens is 2. The lowest BCUT2D eigenvalue weighted by Gasteiger charge is -2.05. The molecule has 0 radical (unpaired) electrons. The Hall–Kier alpha value is -1.15. The summed E-state index contributed by atoms with van der Waals surface area (Å²) in [5, 5.41) is 5.93. The second kappa shape index (κ2) is 5.66. The van der Waals surface area contributed by atoms with Crippen LogP contribution >= 0.6 is 0 Å². The van der Waals surface area contributed by atoms with E-state index in [0.717, 1.165) is 13.0 Å². The highest BCUT2D eigenvalue weighted by atomic mass is 19.4. The Morgan fingerprint density at radius 3 is 2.89 bits per heavy atom. The average Bonchev–Trinajstić information content (AvgIpc) is 2.89. The normalized spacial score (nSPS) is 20.5. The van der Waals surface area contributed by atoms with E-state index in [1.165, 1.54) is 0 Å². The molecule has 2 heterocycles. The Kier molecular flexibility index (Phi) is 4.18. The third-order valence-corrected chi connectivity index (χ3v) is 2.61. The number of nitrogens with one attached hydrogen (secondary N) is 1. The van der Waals surface area contributed by atoms with Crippen LogP contribution < -0.4 is 5.32 Å². The largest absolute Gasteiger partial charge is 0.401 e. The summed E-state index contributed by atoms with van der Waals surface area (Å²) in [6.07, 6.45) is -2.64. The van der Waals surface area contributed by atoms with Crippen LogP contribution in [0.15, 0.2) is 4.52 Å². The van der Waals surface area contributed by atoms with Gasteiger partial charge in [-0.3, -0.25) is 0 Å². The molecule has 5 nitrogen and oxygen atoms in total. The highest BCUT2D eigenvalue weighted by molar-refractivity contribution is 4.89. The fraction of sp³-hybridized carbons (Fsp3) is 0.800. The molecule has 2 rings (SSSR count). The summed E-state index contributed by atoms with van der Waals surface area (Å²) >= 11 is 0. The highest BCUT2D eigenvalue weighted by Gasteiger charge is 2.26. The van der Waals surface area contributed by atoms with Crippen molar-refractivity contribution in [2.75, 3.05) is 19.8 Å². The molecule has 1 fully saturated rings. The van der Waals surface area contributed by atoms with E-state index in [-0.39, 0.29) is 12.4 Å². The van der Waals surface area contributed by atoms with Crippen molar-refractivity contribution in [1.82, 2.24) is 15.5 Å². The van der Waals surface area contributed by atoms with Crippen LogP contribution in [-0.2, 0) is 17.7 Å². The molecule has 0 saturated carbocycles. The van der Waals surface area contributed by atoms with Gasteiger partial charge in [0, 0.05) is 19.6 Å². The molecule has 1 aliphatic heterocycles. The first-order chi connectivity index (χ1) is 8.53. The molecular weight excluding hydrogens is 251 g/mol. The summed E-state index contributed by atoms with van der Waals surface area (Å²) in [5.41, 5.74) is 0. The van der Waals surface area contributed by atoms with Gasteiger partial charge in [0.1, 0.15) is 0 Å². The Morgan fingerprint density at radius 1 is 1.39 bits per heavy atom. The lowest BCUT2D eigenvalue weighted by Crippen LogP contribution is -2.28. The smallest absolute Gasteiger partial charge is 0.381 e. The van der Waals surface area contributed by atoms with Gasteiger partial charge >= 0.3 is 6.18 Å². The first-order valence-corrected chi connectivity index (χ1v) is 5.69. The molecule has 1 saturated heterocycles. The first-order valence-electron chi connectivity index (χ1n) is 5.69. The molecule has 1 aromatic heterocycles. The number of nitrogens with zero attached hydrogens (tertiary/aromatic N) is 2. The van der Waals surface area contributed by atoms with E-state index in [1.54, 1.807) is 0 Å². The molecule has 0 aliphatic carbocycles. The Labute approximate surface area is 102 Å². The van der Waals surface area contributed by atoms with Crippen molar-refractivity contribution < 1.29 is 22.4 Å². The summed E-state index contributed by atoms with van der Waals surface area (Å²) in [6.45, 7) is 0.271. The van der Waals surface area contributed by atoms with Crippen molar-refractivity contribution in [2.45, 2.75) is 25.6 Å². The fourth-order valence-electron chi connectivity index (χ4n) is 1.76. The van der Waals surface area contributed by atoms with E-state index in [9.17, 15) is 13.2 Å². The molecule has 18 heavy (non-hydrogen) atoms. The molecule has 0 bridgehead atoms. The van der Waals surface area contributed by atoms with Gasteiger partial charge in [0.25, 0.3) is 0 Å². The van der Waals surface area contributed by atoms with Crippen LogP contribution in [0.4, 0.5) is 13.2 Å². The van der Waals surface area contributed by atoms with Crippen molar-refractivity contribution >= 4 is 0 Å². The molecule has 1 N–H and O–H groups in total. The summed E-state index contributed by atoms with van der Waals surface area (Å²) < 4.78 is 45.7. The number of hydrogen-bond acceptors (Lipinski definition) is 5. The Morgan fingerprint density at radius 2 is 2.22 bits per heavy atom. The molecule has 0 aromatic carbocycles. The van der Waals surface area contributed by atoms with Crippen molar-refractivity contribution in [3.63, 3.8) is 0 Å². The molecule has 8 heteroatoms. The van der Waals surface area contributed by atoms with Crippen LogP contribution in [0.25, 0.3) is 0 Å². The molecule has 1 unspecified atom stereocenters. The van der Waals surface area contributed by atoms with E-state index in [1.807, 2.05) is 0 Å². The summed E-state index contributed by atoms with van der Waals surface area (Å²) in [7, 11) is 0. The van der Waals surface area contributed by atoms with E-state index in [2.05, 4.69) is 15.5 Å². The Balaban J connectivity index is 1.75. The minimum atomic E-state index is -4.23. The second-order valence-corrected chi connectivity index (χ2v) is 4.26. The van der Waals surface area contributed by atoms with Crippen molar-refractivity contribution in [3.05, 3.63) is 11.7 Å². The van der Waals surface area contributed by atoms with Crippen LogP contribution in [0, 0.1) is 5.92 Å². The molecule has 1 aliphatic rings. The van der Waals surface area contributed by atoms with Gasteiger partial charge < -0.3 is 14.6 Å². The lowest BCUT2D eigenvalue weighted by molar-refractivity contribution is -0.125. The minimum absolute atomic E-state index is 0.0757. The van der Waals surface area contributed by atoms with Gasteiger partial charge in [0.2, 0.25) is 5.89 Å². The van der Waals surface area contributed by atoms with E-state index < -0.39 is 12.7 Å². The van der Waals surface area contributed by atoms with Gasteiger partial charge in [-0.15, -0.1) is 0 Å². The number of rotatable bonds is 5. The van der Waals surface area contributed by atoms with Crippen LogP contribution in [0.2, 0.25) is 0 Å². The third kappa shape index (κ3) is 4.26. The molecule has 1 atom stereocenters. The fourth-order valence-corrected chi connectivity index (χ4v) is 1.76. The maximum Gasteiger partial charge on any atom is 0.401 e. The number of alkyl halides is 3. The van der Waals surface area contributed by atoms with Crippen LogP contribution in [0.5, 0.6) is 0 Å². The van der Waals surface area contributed by atoms with Gasteiger partial charge in [0.05, 0.1) is 13.1 Å². The van der Waals surface area contributed by atoms with Crippen LogP contribution in [0.3, 0.4) is 0 Å². The maximum atomic E-state index is 11.9. The minimum Gasteiger partial charge on any atom is -0.381 e. The number of ether oxygens (including phenoxy) is 1. The lowest BCUT2D eigenvalue weighted by atomic mass is 10.1. The van der Waals surface area contributed by atoms with Gasteiger partial charge in [0.15, 0.2) is 5.82 Å². The number of hydrogen-bond donors (Lipinski definition) is 1. The second-order valence-electron chi connectivity index (χ2n) is 4.26. The first kappa shape index (κ1) is 13.3. The molecule has 1 aromatic rings. The van der Waals surface area contributed by atoms with Crippen LogP contribution in [0.1, 0.15) is 18.1 Å². The number of halogens is 3. The van der Waals surface area contributed by atoms with Crippen molar-refractivity contribution in [1.29, 1.82) is 0 Å². The average molecular weight is 265 g/mol. The zero-order valence-electron chi connectivity index (χ0n) is 9.66. The molecular formula is C10H14F3N3O2. The van der Waals surface area contributed by atoms with E-state index in [0.29, 0.717) is 24.8 Å². The van der Waals surface area contributed by atoms with Crippen molar-refractivity contribution in [3.8, 4) is 0 Å². The Bertz CT molecular complexity index is 375. The van der Waals surface area contributed by atoms with E-state index in [4.69, 9.17) is 9.26 Å². The van der Waals surface area contributed by atoms with Gasteiger partial charge in [-0.1, -0.05) is 5.16 Å². The monoisotopic (exact) mass is 265 g/mol. The van der Waals surface area contributed by atoms with Gasteiger partial charge in [-0.25, -0.2) is 0 Å². The SMILES string of the molecule is FC(F)(F)CNCc1nc(CC2CCOC2)no1. The molecule has 0 spiro atoms. The van der Waals surface area contributed by atoms with Crippen LogP contribution in [-0.4, -0.2) is 36.1 Å². The predicted octanol–water partition coefficient (Wildman–Crippen LogP) is 1.30. The van der Waals surface area contributed by atoms with Gasteiger partial charge in [-0.05, 0) is 12.3 Å². The predicted molar refractivity (Wildman–Crippen MR) is 54.7 cm³/mol.